The van der Waals surface area contributed by atoms with Crippen molar-refractivity contribution in [2.45, 2.75) is 58.5 Å². The molecule has 1 saturated carbocycles. The van der Waals surface area contributed by atoms with Crippen molar-refractivity contribution >= 4 is 17.3 Å². The van der Waals surface area contributed by atoms with Crippen molar-refractivity contribution in [2.75, 3.05) is 6.61 Å². The Hall–Kier alpha value is -0.940. The van der Waals surface area contributed by atoms with E-state index in [-0.39, 0.29) is 11.5 Å². The zero-order valence-electron chi connectivity index (χ0n) is 12.1. The van der Waals surface area contributed by atoms with Crippen molar-refractivity contribution in [3.8, 4) is 0 Å². The molecular weight excluding hydrogens is 260 g/mol. The molecule has 0 unspecified atom stereocenters. The minimum atomic E-state index is -0.219. The number of hydrogen-bond donors (Lipinski definition) is 1. The maximum absolute atomic E-state index is 11.9. The van der Waals surface area contributed by atoms with E-state index in [1.807, 2.05) is 6.92 Å². The molecule has 0 spiro atoms. The molecule has 1 aliphatic carbocycles. The largest absolute Gasteiger partial charge is 0.462 e. The lowest BCUT2D eigenvalue weighted by atomic mass is 10.1. The van der Waals surface area contributed by atoms with Crippen LogP contribution in [0, 0.1) is 0 Å². The van der Waals surface area contributed by atoms with Gasteiger partial charge in [-0.3, -0.25) is 0 Å². The van der Waals surface area contributed by atoms with Crippen LogP contribution >= 0.6 is 11.3 Å². The standard InChI is InChI=1S/C14H22N2O2S/c1-5-18-13(17)12-11(9-6-7-9)16-10(19-12)8-15-14(2,3)4/h9,15H,5-8H2,1-4H3. The second-order valence-corrected chi connectivity index (χ2v) is 7.00. The van der Waals surface area contributed by atoms with Crippen LogP contribution in [0.3, 0.4) is 0 Å². The third kappa shape index (κ3) is 4.01. The number of hydrogen-bond acceptors (Lipinski definition) is 5. The molecule has 1 aliphatic rings. The molecule has 106 valence electrons. The molecular formula is C14H22N2O2S. The monoisotopic (exact) mass is 282 g/mol. The quantitative estimate of drug-likeness (QED) is 0.843. The maximum Gasteiger partial charge on any atom is 0.350 e. The first-order valence-corrected chi connectivity index (χ1v) is 7.64. The zero-order chi connectivity index (χ0) is 14.0. The highest BCUT2D eigenvalue weighted by atomic mass is 32.1. The van der Waals surface area contributed by atoms with E-state index in [1.54, 1.807) is 0 Å². The number of esters is 1. The molecule has 0 amide bonds. The minimum absolute atomic E-state index is 0.0511. The van der Waals surface area contributed by atoms with Gasteiger partial charge in [-0.15, -0.1) is 11.3 Å². The third-order valence-corrected chi connectivity index (χ3v) is 3.94. The fourth-order valence-electron chi connectivity index (χ4n) is 1.77. The van der Waals surface area contributed by atoms with Crippen LogP contribution in [0.4, 0.5) is 0 Å². The van der Waals surface area contributed by atoms with Crippen LogP contribution in [-0.2, 0) is 11.3 Å². The van der Waals surface area contributed by atoms with Gasteiger partial charge in [-0.1, -0.05) is 0 Å². The van der Waals surface area contributed by atoms with Gasteiger partial charge in [0.05, 0.1) is 12.3 Å². The molecule has 0 bridgehead atoms. The van der Waals surface area contributed by atoms with Crippen LogP contribution in [0.25, 0.3) is 0 Å². The van der Waals surface area contributed by atoms with E-state index in [0.717, 1.165) is 23.5 Å². The highest BCUT2D eigenvalue weighted by Gasteiger charge is 2.32. The Labute approximate surface area is 118 Å². The molecule has 0 saturated heterocycles. The number of aromatic nitrogens is 1. The van der Waals surface area contributed by atoms with Crippen LogP contribution < -0.4 is 5.32 Å². The summed E-state index contributed by atoms with van der Waals surface area (Å²) in [6.45, 7) is 9.31. The normalized spacial score (nSPS) is 15.6. The second-order valence-electron chi connectivity index (χ2n) is 5.92. The predicted molar refractivity (Wildman–Crippen MR) is 76.6 cm³/mol. The first kappa shape index (κ1) is 14.5. The fraction of sp³-hybridized carbons (Fsp3) is 0.714. The van der Waals surface area contributed by atoms with Gasteiger partial charge < -0.3 is 10.1 Å². The lowest BCUT2D eigenvalue weighted by Crippen LogP contribution is -2.35. The summed E-state index contributed by atoms with van der Waals surface area (Å²) in [6.07, 6.45) is 2.28. The molecule has 1 heterocycles. The molecule has 2 rings (SSSR count). The molecule has 0 atom stereocenters. The van der Waals surface area contributed by atoms with E-state index in [9.17, 15) is 4.79 Å². The van der Waals surface area contributed by atoms with Gasteiger partial charge in [0.25, 0.3) is 0 Å². The molecule has 19 heavy (non-hydrogen) atoms. The lowest BCUT2D eigenvalue weighted by molar-refractivity contribution is 0.0530. The van der Waals surface area contributed by atoms with Crippen molar-refractivity contribution in [3.05, 3.63) is 15.6 Å². The third-order valence-electron chi connectivity index (χ3n) is 2.89. The number of carbonyl (C=O) groups is 1. The molecule has 1 fully saturated rings. The minimum Gasteiger partial charge on any atom is -0.462 e. The van der Waals surface area contributed by atoms with E-state index >= 15 is 0 Å². The van der Waals surface area contributed by atoms with Crippen LogP contribution in [-0.4, -0.2) is 23.1 Å². The van der Waals surface area contributed by atoms with E-state index < -0.39 is 0 Å². The SMILES string of the molecule is CCOC(=O)c1sc(CNC(C)(C)C)nc1C1CC1. The average Bonchev–Trinajstić information content (AvgIpc) is 3.06. The van der Waals surface area contributed by atoms with Gasteiger partial charge in [0.15, 0.2) is 0 Å². The molecule has 0 aromatic carbocycles. The topological polar surface area (TPSA) is 51.2 Å². The van der Waals surface area contributed by atoms with E-state index in [2.05, 4.69) is 31.1 Å². The van der Waals surface area contributed by atoms with Gasteiger partial charge in [-0.2, -0.15) is 0 Å². The number of thiazole rings is 1. The Morgan fingerprint density at radius 3 is 2.68 bits per heavy atom. The van der Waals surface area contributed by atoms with Crippen LogP contribution in [0.1, 0.15) is 66.8 Å². The first-order valence-electron chi connectivity index (χ1n) is 6.82. The highest BCUT2D eigenvalue weighted by molar-refractivity contribution is 7.13. The van der Waals surface area contributed by atoms with Gasteiger partial charge >= 0.3 is 5.97 Å². The maximum atomic E-state index is 11.9. The number of carbonyl (C=O) groups excluding carboxylic acids is 1. The smallest absolute Gasteiger partial charge is 0.350 e. The van der Waals surface area contributed by atoms with Gasteiger partial charge in [-0.25, -0.2) is 9.78 Å². The fourth-order valence-corrected chi connectivity index (χ4v) is 2.75. The van der Waals surface area contributed by atoms with Gasteiger partial charge in [-0.05, 0) is 40.5 Å². The summed E-state index contributed by atoms with van der Waals surface area (Å²) in [5, 5.41) is 4.38. The summed E-state index contributed by atoms with van der Waals surface area (Å²) in [5.74, 6) is 0.253. The summed E-state index contributed by atoms with van der Waals surface area (Å²) in [5.41, 5.74) is 1.00. The summed E-state index contributed by atoms with van der Waals surface area (Å²) >= 11 is 1.47. The van der Waals surface area contributed by atoms with Crippen LogP contribution in [0.5, 0.6) is 0 Å². The van der Waals surface area contributed by atoms with Crippen molar-refractivity contribution in [3.63, 3.8) is 0 Å². The molecule has 5 heteroatoms. The lowest BCUT2D eigenvalue weighted by Gasteiger charge is -2.19. The van der Waals surface area contributed by atoms with Crippen molar-refractivity contribution in [2.24, 2.45) is 0 Å². The first-order chi connectivity index (χ1) is 8.90. The molecule has 1 aromatic rings. The summed E-state index contributed by atoms with van der Waals surface area (Å²) in [4.78, 5) is 17.3. The predicted octanol–water partition coefficient (Wildman–Crippen LogP) is 3.09. The highest BCUT2D eigenvalue weighted by Crippen LogP contribution is 2.42. The average molecular weight is 282 g/mol. The van der Waals surface area contributed by atoms with Crippen LogP contribution in [0.15, 0.2) is 0 Å². The summed E-state index contributed by atoms with van der Waals surface area (Å²) < 4.78 is 5.12. The van der Waals surface area contributed by atoms with Crippen LogP contribution in [0.2, 0.25) is 0 Å². The molecule has 4 nitrogen and oxygen atoms in total. The number of nitrogens with zero attached hydrogens (tertiary/aromatic N) is 1. The van der Waals surface area contributed by atoms with Gasteiger partial charge in [0.2, 0.25) is 0 Å². The van der Waals surface area contributed by atoms with Crippen molar-refractivity contribution < 1.29 is 9.53 Å². The Kier molecular flexibility index (Phi) is 4.26. The Bertz CT molecular complexity index is 459. The molecule has 0 aliphatic heterocycles. The Balaban J connectivity index is 2.13. The van der Waals surface area contributed by atoms with E-state index in [0.29, 0.717) is 23.9 Å². The van der Waals surface area contributed by atoms with Gasteiger partial charge in [0, 0.05) is 18.0 Å². The molecule has 1 aromatic heterocycles. The van der Waals surface area contributed by atoms with E-state index in [1.165, 1.54) is 11.3 Å². The van der Waals surface area contributed by atoms with Crippen molar-refractivity contribution in [1.29, 1.82) is 0 Å². The number of rotatable bonds is 5. The Morgan fingerprint density at radius 2 is 2.16 bits per heavy atom. The molecule has 0 radical (unpaired) electrons. The Morgan fingerprint density at radius 1 is 1.47 bits per heavy atom. The zero-order valence-corrected chi connectivity index (χ0v) is 12.9. The summed E-state index contributed by atoms with van der Waals surface area (Å²) in [6, 6.07) is 0. The van der Waals surface area contributed by atoms with Gasteiger partial charge in [0.1, 0.15) is 9.88 Å². The summed E-state index contributed by atoms with van der Waals surface area (Å²) in [7, 11) is 0. The number of nitrogens with one attached hydrogen (secondary N) is 1. The van der Waals surface area contributed by atoms with E-state index in [4.69, 9.17) is 4.74 Å². The molecule has 1 N–H and O–H groups in total. The second kappa shape index (κ2) is 5.59. The number of ether oxygens (including phenoxy) is 1. The van der Waals surface area contributed by atoms with Crippen molar-refractivity contribution in [1.82, 2.24) is 10.3 Å².